The highest BCUT2D eigenvalue weighted by molar-refractivity contribution is 9.10. The third-order valence-corrected chi connectivity index (χ3v) is 4.26. The maximum atomic E-state index is 12.3. The van der Waals surface area contributed by atoms with E-state index in [9.17, 15) is 10.1 Å². The predicted octanol–water partition coefficient (Wildman–Crippen LogP) is 3.87. The lowest BCUT2D eigenvalue weighted by atomic mass is 9.79. The van der Waals surface area contributed by atoms with Crippen LogP contribution in [-0.4, -0.2) is 17.6 Å². The minimum absolute atomic E-state index is 0.181. The number of hydrogen-bond donors (Lipinski definition) is 0. The Hall–Kier alpha value is -1.71. The van der Waals surface area contributed by atoms with Gasteiger partial charge in [-0.15, -0.1) is 0 Å². The molecule has 1 aromatic carbocycles. The van der Waals surface area contributed by atoms with Crippen molar-refractivity contribution in [3.05, 3.63) is 45.6 Å². The second-order valence-electron chi connectivity index (χ2n) is 4.75. The molecule has 0 fully saturated rings. The molecule has 0 spiro atoms. The van der Waals surface area contributed by atoms with Crippen molar-refractivity contribution in [2.45, 2.75) is 19.8 Å². The van der Waals surface area contributed by atoms with Gasteiger partial charge in [0.05, 0.1) is 18.2 Å². The van der Waals surface area contributed by atoms with Crippen LogP contribution in [0.1, 0.15) is 25.3 Å². The van der Waals surface area contributed by atoms with Crippen LogP contribution in [0, 0.1) is 17.2 Å². The Kier molecular flexibility index (Phi) is 5.33. The summed E-state index contributed by atoms with van der Waals surface area (Å²) in [5.74, 6) is -1.28. The quantitative estimate of drug-likeness (QED) is 0.589. The van der Waals surface area contributed by atoms with E-state index >= 15 is 0 Å². The molecular weight excluding hydrogens is 366 g/mol. The Bertz CT molecular complexity index is 676. The fraction of sp³-hybridized carbons (Fsp3) is 0.312. The lowest BCUT2D eigenvalue weighted by Crippen LogP contribution is -2.32. The molecule has 6 heteroatoms. The summed E-state index contributed by atoms with van der Waals surface area (Å²) < 4.78 is 11.5. The van der Waals surface area contributed by atoms with Gasteiger partial charge in [-0.25, -0.2) is 4.79 Å². The predicted molar refractivity (Wildman–Crippen MR) is 89.0 cm³/mol. The number of benzene rings is 1. The summed E-state index contributed by atoms with van der Waals surface area (Å²) in [5, 5.41) is 9.64. The van der Waals surface area contributed by atoms with Crippen molar-refractivity contribution in [3.63, 3.8) is 0 Å². The molecule has 1 aliphatic heterocycles. The summed E-state index contributed by atoms with van der Waals surface area (Å²) in [7, 11) is 0. The van der Waals surface area contributed by atoms with Crippen molar-refractivity contribution in [3.8, 4) is 6.07 Å². The maximum Gasteiger partial charge on any atom is 0.338 e. The molecule has 2 atom stereocenters. The van der Waals surface area contributed by atoms with E-state index in [1.54, 1.807) is 13.8 Å². The molecule has 0 radical (unpaired) electrons. The first kappa shape index (κ1) is 16.7. The number of allylic oxidation sites excluding steroid dienone is 1. The van der Waals surface area contributed by atoms with Crippen LogP contribution in [0.15, 0.2) is 40.1 Å². The lowest BCUT2D eigenvalue weighted by molar-refractivity contribution is -0.139. The van der Waals surface area contributed by atoms with Crippen molar-refractivity contribution >= 4 is 39.2 Å². The van der Waals surface area contributed by atoms with Crippen LogP contribution in [0.2, 0.25) is 0 Å². The Morgan fingerprint density at radius 1 is 1.45 bits per heavy atom. The lowest BCUT2D eigenvalue weighted by Gasteiger charge is -2.30. The largest absolute Gasteiger partial charge is 0.463 e. The number of thiocarbonyl (C=S) groups is 1. The Balaban J connectivity index is 2.57. The first-order valence-corrected chi connectivity index (χ1v) is 7.94. The monoisotopic (exact) mass is 379 g/mol. The van der Waals surface area contributed by atoms with Gasteiger partial charge < -0.3 is 9.47 Å². The third kappa shape index (κ3) is 3.21. The highest BCUT2D eigenvalue weighted by Gasteiger charge is 2.40. The van der Waals surface area contributed by atoms with Crippen molar-refractivity contribution < 1.29 is 14.3 Å². The average Bonchev–Trinajstić information content (AvgIpc) is 2.47. The number of esters is 1. The van der Waals surface area contributed by atoms with E-state index in [0.717, 1.165) is 10.0 Å². The van der Waals surface area contributed by atoms with Crippen LogP contribution in [0.4, 0.5) is 0 Å². The molecule has 1 heterocycles. The molecule has 22 heavy (non-hydrogen) atoms. The number of carbonyl (C=O) groups is 1. The minimum Gasteiger partial charge on any atom is -0.463 e. The Morgan fingerprint density at radius 2 is 2.09 bits per heavy atom. The molecule has 4 nitrogen and oxygen atoms in total. The molecule has 0 bridgehead atoms. The summed E-state index contributed by atoms with van der Waals surface area (Å²) in [4.78, 5) is 12.3. The van der Waals surface area contributed by atoms with Gasteiger partial charge in [0, 0.05) is 10.4 Å². The number of ether oxygens (including phenoxy) is 2. The van der Waals surface area contributed by atoms with E-state index in [1.165, 1.54) is 0 Å². The van der Waals surface area contributed by atoms with Gasteiger partial charge in [0.15, 0.2) is 5.05 Å². The fourth-order valence-electron chi connectivity index (χ4n) is 2.43. The summed E-state index contributed by atoms with van der Waals surface area (Å²) in [6, 6.07) is 9.59. The van der Waals surface area contributed by atoms with Crippen LogP contribution in [-0.2, 0) is 14.3 Å². The number of nitriles is 1. The molecule has 0 amide bonds. The molecular formula is C16H14BrNO3S. The minimum atomic E-state index is -0.709. The van der Waals surface area contributed by atoms with Crippen LogP contribution in [0.25, 0.3) is 0 Å². The second-order valence-corrected chi connectivity index (χ2v) is 6.07. The van der Waals surface area contributed by atoms with Gasteiger partial charge in [0.2, 0.25) is 0 Å². The smallest absolute Gasteiger partial charge is 0.338 e. The summed E-state index contributed by atoms with van der Waals surface area (Å²) in [6.45, 7) is 3.65. The van der Waals surface area contributed by atoms with Crippen molar-refractivity contribution in [2.75, 3.05) is 6.61 Å². The molecule has 0 saturated heterocycles. The van der Waals surface area contributed by atoms with Gasteiger partial charge in [-0.05, 0) is 43.8 Å². The van der Waals surface area contributed by atoms with Crippen molar-refractivity contribution in [2.24, 2.45) is 5.92 Å². The highest BCUT2D eigenvalue weighted by atomic mass is 79.9. The van der Waals surface area contributed by atoms with Crippen molar-refractivity contribution in [1.82, 2.24) is 0 Å². The third-order valence-electron chi connectivity index (χ3n) is 3.39. The number of nitrogens with zero attached hydrogens (tertiary/aromatic N) is 1. The van der Waals surface area contributed by atoms with Crippen LogP contribution in [0.5, 0.6) is 0 Å². The molecule has 0 unspecified atom stereocenters. The van der Waals surface area contributed by atoms with E-state index in [4.69, 9.17) is 21.7 Å². The van der Waals surface area contributed by atoms with Gasteiger partial charge in [-0.1, -0.05) is 28.1 Å². The number of hydrogen-bond acceptors (Lipinski definition) is 5. The fourth-order valence-corrected chi connectivity index (χ4v) is 3.01. The van der Waals surface area contributed by atoms with E-state index in [-0.39, 0.29) is 11.7 Å². The Labute approximate surface area is 142 Å². The zero-order valence-corrected chi connectivity index (χ0v) is 14.5. The van der Waals surface area contributed by atoms with Gasteiger partial charge in [-0.3, -0.25) is 0 Å². The van der Waals surface area contributed by atoms with Crippen molar-refractivity contribution in [1.29, 1.82) is 5.26 Å². The van der Waals surface area contributed by atoms with E-state index in [0.29, 0.717) is 11.3 Å². The van der Waals surface area contributed by atoms with Crippen LogP contribution >= 0.6 is 28.1 Å². The molecule has 114 valence electrons. The SMILES string of the molecule is CCOC(=O)C1=C(C)OC(=S)[C@@H](C#N)[C@@H]1c1ccc(Br)cc1. The molecule has 2 rings (SSSR count). The first-order valence-electron chi connectivity index (χ1n) is 6.74. The maximum absolute atomic E-state index is 12.3. The van der Waals surface area contributed by atoms with E-state index < -0.39 is 17.8 Å². The molecule has 1 aliphatic rings. The number of halogens is 1. The molecule has 0 N–H and O–H groups in total. The van der Waals surface area contributed by atoms with Gasteiger partial charge in [0.25, 0.3) is 0 Å². The Morgan fingerprint density at radius 3 is 2.64 bits per heavy atom. The summed E-state index contributed by atoms with van der Waals surface area (Å²) >= 11 is 8.55. The van der Waals surface area contributed by atoms with Crippen LogP contribution < -0.4 is 0 Å². The zero-order chi connectivity index (χ0) is 16.3. The molecule has 0 aliphatic carbocycles. The topological polar surface area (TPSA) is 59.3 Å². The first-order chi connectivity index (χ1) is 10.5. The summed E-state index contributed by atoms with van der Waals surface area (Å²) in [5.41, 5.74) is 1.17. The van der Waals surface area contributed by atoms with Crippen LogP contribution in [0.3, 0.4) is 0 Å². The second kappa shape index (κ2) is 7.03. The van der Waals surface area contributed by atoms with E-state index in [1.807, 2.05) is 24.3 Å². The molecule has 1 aromatic rings. The highest BCUT2D eigenvalue weighted by Crippen LogP contribution is 2.40. The van der Waals surface area contributed by atoms with Gasteiger partial charge in [-0.2, -0.15) is 5.26 Å². The normalized spacial score (nSPS) is 21.1. The zero-order valence-electron chi connectivity index (χ0n) is 12.1. The summed E-state index contributed by atoms with van der Waals surface area (Å²) in [6.07, 6.45) is 0. The number of rotatable bonds is 3. The molecule has 0 aromatic heterocycles. The number of carbonyl (C=O) groups excluding carboxylic acids is 1. The standard InChI is InChI=1S/C16H14BrNO3S/c1-3-20-15(19)13-9(2)21-16(22)12(8-18)14(13)10-4-6-11(17)7-5-10/h4-7,12,14H,3H2,1-2H3/t12-,14-/m0/s1. The van der Waals surface area contributed by atoms with E-state index in [2.05, 4.69) is 22.0 Å². The van der Waals surface area contributed by atoms with Gasteiger partial charge >= 0.3 is 5.97 Å². The van der Waals surface area contributed by atoms with Gasteiger partial charge in [0.1, 0.15) is 11.7 Å². The average molecular weight is 380 g/mol. The molecule has 0 saturated carbocycles.